The number of hydrogen-bond acceptors (Lipinski definition) is 6. The Bertz CT molecular complexity index is 1190. The molecule has 0 saturated carbocycles. The topological polar surface area (TPSA) is 93.7 Å². The van der Waals surface area contributed by atoms with Crippen molar-refractivity contribution >= 4 is 39.8 Å². The van der Waals surface area contributed by atoms with Gasteiger partial charge in [0.2, 0.25) is 5.91 Å². The van der Waals surface area contributed by atoms with Gasteiger partial charge in [0.25, 0.3) is 5.91 Å². The summed E-state index contributed by atoms with van der Waals surface area (Å²) in [4.78, 5) is 38.4. The van der Waals surface area contributed by atoms with Gasteiger partial charge < -0.3 is 20.1 Å². The largest absolute Gasteiger partial charge is 0.457 e. The molecule has 8 heteroatoms. The Balaban J connectivity index is 1.39. The van der Waals surface area contributed by atoms with Crippen molar-refractivity contribution in [3.8, 4) is 11.5 Å². The van der Waals surface area contributed by atoms with Crippen molar-refractivity contribution in [3.05, 3.63) is 70.6 Å². The Morgan fingerprint density at radius 2 is 1.59 bits per heavy atom. The van der Waals surface area contributed by atoms with E-state index < -0.39 is 18.0 Å². The summed E-state index contributed by atoms with van der Waals surface area (Å²) < 4.78 is 11.3. The van der Waals surface area contributed by atoms with Crippen LogP contribution >= 0.6 is 11.3 Å². The van der Waals surface area contributed by atoms with Gasteiger partial charge in [-0.2, -0.15) is 0 Å². The molecule has 0 fully saturated rings. The maximum atomic E-state index is 13.0. The van der Waals surface area contributed by atoms with Crippen LogP contribution in [0.1, 0.15) is 47.5 Å². The number of rotatable bonds is 7. The summed E-state index contributed by atoms with van der Waals surface area (Å²) in [5.41, 5.74) is 1.85. The molecule has 7 nitrogen and oxygen atoms in total. The van der Waals surface area contributed by atoms with E-state index >= 15 is 0 Å². The van der Waals surface area contributed by atoms with Crippen molar-refractivity contribution in [1.82, 2.24) is 0 Å². The lowest BCUT2D eigenvalue weighted by Crippen LogP contribution is -2.30. The molecule has 1 atom stereocenters. The summed E-state index contributed by atoms with van der Waals surface area (Å²) in [6, 6.07) is 16.3. The SMILES string of the molecule is CC(=O)Nc1sc2c(c1C(=O)OC(C)C(=O)Nc1ccc(Oc3ccccc3)cc1)CCCC2. The Hall–Kier alpha value is -3.65. The lowest BCUT2D eigenvalue weighted by atomic mass is 9.95. The van der Waals surface area contributed by atoms with Crippen molar-refractivity contribution in [2.45, 2.75) is 45.6 Å². The van der Waals surface area contributed by atoms with Gasteiger partial charge in [-0.3, -0.25) is 9.59 Å². The second-order valence-corrected chi connectivity index (χ2v) is 9.18. The Kier molecular flexibility index (Phi) is 7.27. The molecule has 0 saturated heterocycles. The maximum Gasteiger partial charge on any atom is 0.342 e. The predicted molar refractivity (Wildman–Crippen MR) is 132 cm³/mol. The maximum absolute atomic E-state index is 13.0. The highest BCUT2D eigenvalue weighted by molar-refractivity contribution is 7.17. The lowest BCUT2D eigenvalue weighted by Gasteiger charge is -2.16. The zero-order valence-electron chi connectivity index (χ0n) is 19.1. The Morgan fingerprint density at radius 1 is 0.912 bits per heavy atom. The first-order chi connectivity index (χ1) is 16.4. The van der Waals surface area contributed by atoms with Crippen LogP contribution < -0.4 is 15.4 Å². The molecule has 0 bridgehead atoms. The normalized spacial score (nSPS) is 13.4. The third-order valence-electron chi connectivity index (χ3n) is 5.42. The second-order valence-electron chi connectivity index (χ2n) is 8.07. The van der Waals surface area contributed by atoms with E-state index in [1.807, 2.05) is 30.3 Å². The Morgan fingerprint density at radius 3 is 2.29 bits per heavy atom. The van der Waals surface area contributed by atoms with Gasteiger partial charge >= 0.3 is 5.97 Å². The number of carbonyl (C=O) groups is 3. The molecule has 1 aliphatic carbocycles. The number of benzene rings is 2. The van der Waals surface area contributed by atoms with E-state index in [1.54, 1.807) is 24.3 Å². The molecule has 0 spiro atoms. The van der Waals surface area contributed by atoms with Crippen LogP contribution in [0.25, 0.3) is 0 Å². The van der Waals surface area contributed by atoms with E-state index in [2.05, 4.69) is 10.6 Å². The summed E-state index contributed by atoms with van der Waals surface area (Å²) in [5, 5.41) is 5.99. The second kappa shape index (κ2) is 10.5. The predicted octanol–water partition coefficient (Wildman–Crippen LogP) is 5.56. The number of carbonyl (C=O) groups excluding carboxylic acids is 3. The molecule has 3 aromatic rings. The number of fused-ring (bicyclic) bond motifs is 1. The molecule has 0 radical (unpaired) electrons. The first-order valence-corrected chi connectivity index (χ1v) is 12.0. The van der Waals surface area contributed by atoms with Gasteiger partial charge in [-0.05, 0) is 74.6 Å². The van der Waals surface area contributed by atoms with Crippen LogP contribution in [-0.2, 0) is 27.2 Å². The van der Waals surface area contributed by atoms with E-state index in [-0.39, 0.29) is 5.91 Å². The zero-order valence-corrected chi connectivity index (χ0v) is 19.9. The number of amides is 2. The van der Waals surface area contributed by atoms with E-state index in [1.165, 1.54) is 25.2 Å². The molecule has 2 amide bonds. The molecule has 2 N–H and O–H groups in total. The van der Waals surface area contributed by atoms with Crippen LogP contribution in [0.4, 0.5) is 10.7 Å². The third kappa shape index (κ3) is 5.63. The fourth-order valence-electron chi connectivity index (χ4n) is 3.78. The highest BCUT2D eigenvalue weighted by atomic mass is 32.1. The minimum absolute atomic E-state index is 0.252. The van der Waals surface area contributed by atoms with E-state index in [0.717, 1.165) is 36.1 Å². The highest BCUT2D eigenvalue weighted by Crippen LogP contribution is 2.38. The molecule has 2 aromatic carbocycles. The van der Waals surface area contributed by atoms with E-state index in [0.29, 0.717) is 27.8 Å². The fourth-order valence-corrected chi connectivity index (χ4v) is 5.10. The number of thiophene rings is 1. The van der Waals surface area contributed by atoms with Crippen LogP contribution in [-0.4, -0.2) is 23.9 Å². The molecule has 176 valence electrons. The molecule has 0 aliphatic heterocycles. The summed E-state index contributed by atoms with van der Waals surface area (Å²) in [5.74, 6) is 0.0521. The van der Waals surface area contributed by atoms with Crippen molar-refractivity contribution in [2.24, 2.45) is 0 Å². The van der Waals surface area contributed by atoms with Gasteiger partial charge in [0.15, 0.2) is 6.10 Å². The number of nitrogens with one attached hydrogen (secondary N) is 2. The van der Waals surface area contributed by atoms with Crippen molar-refractivity contribution in [3.63, 3.8) is 0 Å². The van der Waals surface area contributed by atoms with Crippen molar-refractivity contribution in [1.29, 1.82) is 0 Å². The minimum atomic E-state index is -1.02. The first-order valence-electron chi connectivity index (χ1n) is 11.2. The Labute approximate surface area is 202 Å². The van der Waals surface area contributed by atoms with Crippen LogP contribution in [0, 0.1) is 0 Å². The molecule has 1 unspecified atom stereocenters. The summed E-state index contributed by atoms with van der Waals surface area (Å²) in [6.07, 6.45) is 2.64. The number of hydrogen-bond donors (Lipinski definition) is 2. The molecule has 1 aliphatic rings. The summed E-state index contributed by atoms with van der Waals surface area (Å²) >= 11 is 1.41. The molecular formula is C26H26N2O5S. The first kappa shape index (κ1) is 23.5. The number of ether oxygens (including phenoxy) is 2. The molecule has 1 aromatic heterocycles. The lowest BCUT2D eigenvalue weighted by molar-refractivity contribution is -0.123. The number of esters is 1. The van der Waals surface area contributed by atoms with Gasteiger partial charge in [0.05, 0.1) is 5.56 Å². The van der Waals surface area contributed by atoms with Crippen molar-refractivity contribution in [2.75, 3.05) is 10.6 Å². The van der Waals surface area contributed by atoms with Gasteiger partial charge in [0, 0.05) is 17.5 Å². The quantitative estimate of drug-likeness (QED) is 0.434. The smallest absolute Gasteiger partial charge is 0.342 e. The van der Waals surface area contributed by atoms with Gasteiger partial charge in [-0.25, -0.2) is 4.79 Å². The van der Waals surface area contributed by atoms with Gasteiger partial charge in [-0.15, -0.1) is 11.3 Å². The van der Waals surface area contributed by atoms with Crippen LogP contribution in [0.3, 0.4) is 0 Å². The molecular weight excluding hydrogens is 452 g/mol. The number of anilines is 2. The fraction of sp³-hybridized carbons (Fsp3) is 0.269. The highest BCUT2D eigenvalue weighted by Gasteiger charge is 2.29. The third-order valence-corrected chi connectivity index (χ3v) is 6.63. The summed E-state index contributed by atoms with van der Waals surface area (Å²) in [6.45, 7) is 2.93. The standard InChI is InChI=1S/C26H26N2O5S/c1-16(24(30)28-18-12-14-20(15-13-18)33-19-8-4-3-5-9-19)32-26(31)23-21-10-6-7-11-22(21)34-25(23)27-17(2)29/h3-5,8-9,12-16H,6-7,10-11H2,1-2H3,(H,27,29)(H,28,30). The van der Waals surface area contributed by atoms with E-state index in [9.17, 15) is 14.4 Å². The number of para-hydroxylation sites is 1. The zero-order chi connectivity index (χ0) is 24.1. The van der Waals surface area contributed by atoms with Gasteiger partial charge in [0.1, 0.15) is 16.5 Å². The van der Waals surface area contributed by atoms with Crippen LogP contribution in [0.15, 0.2) is 54.6 Å². The molecule has 4 rings (SSSR count). The number of aryl methyl sites for hydroxylation is 1. The minimum Gasteiger partial charge on any atom is -0.457 e. The average Bonchev–Trinajstić information content (AvgIpc) is 3.18. The van der Waals surface area contributed by atoms with Gasteiger partial charge in [-0.1, -0.05) is 18.2 Å². The summed E-state index contributed by atoms with van der Waals surface area (Å²) in [7, 11) is 0. The van der Waals surface area contributed by atoms with Crippen molar-refractivity contribution < 1.29 is 23.9 Å². The van der Waals surface area contributed by atoms with Crippen LogP contribution in [0.2, 0.25) is 0 Å². The van der Waals surface area contributed by atoms with Crippen LogP contribution in [0.5, 0.6) is 11.5 Å². The monoisotopic (exact) mass is 478 g/mol. The average molecular weight is 479 g/mol. The van der Waals surface area contributed by atoms with E-state index in [4.69, 9.17) is 9.47 Å². The molecule has 1 heterocycles. The molecule has 34 heavy (non-hydrogen) atoms.